The lowest BCUT2D eigenvalue weighted by molar-refractivity contribution is -0.118. The maximum atomic E-state index is 15.0. The Morgan fingerprint density at radius 2 is 1.88 bits per heavy atom. The van der Waals surface area contributed by atoms with E-state index in [1.165, 1.54) is 20.2 Å². The molecule has 34 heavy (non-hydrogen) atoms. The Bertz CT molecular complexity index is 1160. The molecule has 0 unspecified atom stereocenters. The molecule has 6 nitrogen and oxygen atoms in total. The smallest absolute Gasteiger partial charge is 0.303 e. The van der Waals surface area contributed by atoms with Crippen molar-refractivity contribution >= 4 is 16.1 Å². The van der Waals surface area contributed by atoms with Crippen molar-refractivity contribution < 1.29 is 22.3 Å². The van der Waals surface area contributed by atoms with E-state index in [-0.39, 0.29) is 24.3 Å². The van der Waals surface area contributed by atoms with Crippen LogP contribution in [0.15, 0.2) is 36.4 Å². The molecule has 1 amide bonds. The molecule has 2 aromatic carbocycles. The lowest BCUT2D eigenvalue weighted by atomic mass is 9.76. The number of carbonyl (C=O) groups is 1. The third kappa shape index (κ3) is 5.44. The molecular weight excluding hydrogens is 455 g/mol. The number of ether oxygens (including phenoxy) is 1. The average molecular weight is 489 g/mol. The van der Waals surface area contributed by atoms with Crippen molar-refractivity contribution in [2.45, 2.75) is 63.9 Å². The highest BCUT2D eigenvalue weighted by Gasteiger charge is 2.29. The van der Waals surface area contributed by atoms with Gasteiger partial charge < -0.3 is 4.74 Å². The molecule has 0 radical (unpaired) electrons. The monoisotopic (exact) mass is 488 g/mol. The van der Waals surface area contributed by atoms with Crippen molar-refractivity contribution in [1.29, 1.82) is 0 Å². The predicted octanol–water partition coefficient (Wildman–Crippen LogP) is 4.79. The number of carbonyl (C=O) groups excluding carboxylic acids is 1. The van der Waals surface area contributed by atoms with Gasteiger partial charge in [-0.2, -0.15) is 12.7 Å². The largest absolute Gasteiger partial charge is 0.490 e. The average Bonchev–Trinajstić information content (AvgIpc) is 3.13. The van der Waals surface area contributed by atoms with Crippen LogP contribution in [0, 0.1) is 11.7 Å². The fourth-order valence-electron chi connectivity index (χ4n) is 4.78. The van der Waals surface area contributed by atoms with Crippen molar-refractivity contribution in [2.24, 2.45) is 5.92 Å². The molecule has 2 atom stereocenters. The van der Waals surface area contributed by atoms with Crippen LogP contribution in [-0.2, 0) is 21.4 Å². The fourth-order valence-corrected chi connectivity index (χ4v) is 5.32. The second-order valence-electron chi connectivity index (χ2n) is 9.81. The molecule has 2 saturated carbocycles. The van der Waals surface area contributed by atoms with Crippen LogP contribution in [-0.4, -0.2) is 38.8 Å². The lowest BCUT2D eigenvalue weighted by Crippen LogP contribution is -2.40. The van der Waals surface area contributed by atoms with E-state index in [9.17, 15) is 17.6 Å². The molecule has 1 N–H and O–H groups in total. The second kappa shape index (κ2) is 10.0. The van der Waals surface area contributed by atoms with Crippen molar-refractivity contribution in [3.8, 4) is 16.9 Å². The molecule has 2 aliphatic carbocycles. The Morgan fingerprint density at radius 3 is 2.50 bits per heavy atom. The van der Waals surface area contributed by atoms with Gasteiger partial charge in [0.25, 0.3) is 0 Å². The summed E-state index contributed by atoms with van der Waals surface area (Å²) in [6, 6.07) is 10.6. The molecule has 4 rings (SSSR count). The predicted molar refractivity (Wildman–Crippen MR) is 130 cm³/mol. The van der Waals surface area contributed by atoms with E-state index in [0.29, 0.717) is 22.8 Å². The van der Waals surface area contributed by atoms with Crippen LogP contribution in [0.4, 0.5) is 4.39 Å². The van der Waals surface area contributed by atoms with Gasteiger partial charge in [-0.1, -0.05) is 31.5 Å². The molecule has 0 aliphatic heterocycles. The molecule has 2 aliphatic rings. The Hall–Kier alpha value is -2.45. The van der Waals surface area contributed by atoms with Gasteiger partial charge in [0.2, 0.25) is 5.91 Å². The first-order valence-electron chi connectivity index (χ1n) is 12.0. The van der Waals surface area contributed by atoms with Crippen LogP contribution in [0.1, 0.15) is 62.5 Å². The molecule has 0 saturated heterocycles. The summed E-state index contributed by atoms with van der Waals surface area (Å²) in [6.45, 7) is 2.22. The van der Waals surface area contributed by atoms with E-state index < -0.39 is 16.1 Å². The number of rotatable bonds is 8. The molecule has 8 heteroatoms. The number of nitrogens with zero attached hydrogens (tertiary/aromatic N) is 1. The Kier molecular flexibility index (Phi) is 7.28. The van der Waals surface area contributed by atoms with Crippen molar-refractivity contribution in [2.75, 3.05) is 14.1 Å². The van der Waals surface area contributed by atoms with E-state index in [4.69, 9.17) is 4.74 Å². The highest BCUT2D eigenvalue weighted by Crippen LogP contribution is 2.45. The van der Waals surface area contributed by atoms with Gasteiger partial charge in [-0.15, -0.1) is 0 Å². The van der Waals surface area contributed by atoms with Gasteiger partial charge in [0.05, 0.1) is 12.5 Å². The molecule has 2 aromatic rings. The summed E-state index contributed by atoms with van der Waals surface area (Å²) < 4.78 is 48.5. The minimum Gasteiger partial charge on any atom is -0.490 e. The Labute approximate surface area is 201 Å². The third-order valence-corrected chi connectivity index (χ3v) is 8.38. The zero-order valence-electron chi connectivity index (χ0n) is 20.0. The minimum absolute atomic E-state index is 0.105. The maximum absolute atomic E-state index is 15.0. The number of hydrogen-bond acceptors (Lipinski definition) is 4. The van der Waals surface area contributed by atoms with Gasteiger partial charge in [-0.05, 0) is 78.8 Å². The highest BCUT2D eigenvalue weighted by molar-refractivity contribution is 7.87. The minimum atomic E-state index is -3.87. The quantitative estimate of drug-likeness (QED) is 0.580. The summed E-state index contributed by atoms with van der Waals surface area (Å²) in [7, 11) is -1.16. The zero-order chi connectivity index (χ0) is 24.5. The summed E-state index contributed by atoms with van der Waals surface area (Å²) in [6.07, 6.45) is 6.05. The molecule has 2 fully saturated rings. The van der Waals surface area contributed by atoms with Crippen LogP contribution in [0.25, 0.3) is 11.1 Å². The lowest BCUT2D eigenvalue weighted by Gasteiger charge is -2.29. The maximum Gasteiger partial charge on any atom is 0.303 e. The van der Waals surface area contributed by atoms with Crippen molar-refractivity contribution in [3.63, 3.8) is 0 Å². The van der Waals surface area contributed by atoms with E-state index >= 15 is 0 Å². The summed E-state index contributed by atoms with van der Waals surface area (Å²) in [4.78, 5) is 12.5. The fraction of sp³-hybridized carbons (Fsp3) is 0.500. The summed E-state index contributed by atoms with van der Waals surface area (Å²) in [5, 5.41) is 0. The topological polar surface area (TPSA) is 75.7 Å². The first-order valence-corrected chi connectivity index (χ1v) is 13.4. The van der Waals surface area contributed by atoms with Crippen LogP contribution in [0.3, 0.4) is 0 Å². The van der Waals surface area contributed by atoms with E-state index in [2.05, 4.69) is 11.6 Å². The van der Waals surface area contributed by atoms with Crippen LogP contribution in [0.5, 0.6) is 5.75 Å². The molecule has 0 spiro atoms. The normalized spacial score (nSPS) is 20.9. The summed E-state index contributed by atoms with van der Waals surface area (Å²) in [5.74, 6) is 0.608. The van der Waals surface area contributed by atoms with Gasteiger partial charge >= 0.3 is 10.2 Å². The van der Waals surface area contributed by atoms with Gasteiger partial charge in [-0.25, -0.2) is 9.11 Å². The summed E-state index contributed by atoms with van der Waals surface area (Å²) >= 11 is 0. The third-order valence-electron chi connectivity index (χ3n) is 6.93. The molecular formula is C26H33FN2O4S. The van der Waals surface area contributed by atoms with E-state index in [1.807, 2.05) is 18.2 Å². The van der Waals surface area contributed by atoms with E-state index in [0.717, 1.165) is 54.0 Å². The second-order valence-corrected chi connectivity index (χ2v) is 11.7. The standard InChI is InChI=1S/C26H33FN2O4S/c1-17-10-12-20(14-17)33-24-13-11-18(16-25(30)28-34(31,32)29(2)3)15-22(24)21-8-5-9-23(27)26(21)19-6-4-7-19/h5,8-9,11,13,15,17,19-20H,4,6-7,10,12,14,16H2,1-3H3,(H,28,30)/t17-,20-/m1/s1. The summed E-state index contributed by atoms with van der Waals surface area (Å²) in [5.41, 5.74) is 2.88. The molecule has 184 valence electrons. The van der Waals surface area contributed by atoms with Gasteiger partial charge in [0, 0.05) is 19.7 Å². The SMILES string of the molecule is C[C@@H]1CC[C@@H](Oc2ccc(CC(=O)NS(=O)(=O)N(C)C)cc2-c2cccc(F)c2C2CCC2)C1. The molecule has 0 aromatic heterocycles. The van der Waals surface area contributed by atoms with Crippen LogP contribution >= 0.6 is 0 Å². The van der Waals surface area contributed by atoms with Crippen LogP contribution < -0.4 is 9.46 Å². The van der Waals surface area contributed by atoms with Gasteiger partial charge in [0.1, 0.15) is 11.6 Å². The molecule has 0 heterocycles. The number of benzene rings is 2. The van der Waals surface area contributed by atoms with Crippen LogP contribution in [0.2, 0.25) is 0 Å². The van der Waals surface area contributed by atoms with Crippen molar-refractivity contribution in [3.05, 3.63) is 53.3 Å². The Balaban J connectivity index is 1.69. The van der Waals surface area contributed by atoms with Gasteiger partial charge in [0.15, 0.2) is 0 Å². The first-order chi connectivity index (χ1) is 16.1. The zero-order valence-corrected chi connectivity index (χ0v) is 20.8. The number of hydrogen-bond donors (Lipinski definition) is 1. The van der Waals surface area contributed by atoms with Crippen molar-refractivity contribution in [1.82, 2.24) is 9.03 Å². The highest BCUT2D eigenvalue weighted by atomic mass is 32.2. The number of halogens is 1. The Morgan fingerprint density at radius 1 is 1.12 bits per heavy atom. The number of nitrogens with one attached hydrogen (secondary N) is 1. The molecule has 0 bridgehead atoms. The van der Waals surface area contributed by atoms with Gasteiger partial charge in [-0.3, -0.25) is 4.79 Å². The first kappa shape index (κ1) is 24.7. The van der Waals surface area contributed by atoms with E-state index in [1.54, 1.807) is 12.1 Å². The number of amides is 1.